The van der Waals surface area contributed by atoms with Crippen LogP contribution in [0, 0.1) is 0 Å². The van der Waals surface area contributed by atoms with E-state index in [1.165, 1.54) is 24.0 Å². The highest BCUT2D eigenvalue weighted by Gasteiger charge is 2.24. The van der Waals surface area contributed by atoms with E-state index in [2.05, 4.69) is 34.8 Å². The molecule has 90 valence electrons. The fourth-order valence-corrected chi connectivity index (χ4v) is 2.08. The van der Waals surface area contributed by atoms with E-state index in [1.807, 2.05) is 36.5 Å². The van der Waals surface area contributed by atoms with Crippen LogP contribution in [-0.4, -0.2) is 6.21 Å². The van der Waals surface area contributed by atoms with Crippen molar-refractivity contribution in [2.24, 2.45) is 5.10 Å². The van der Waals surface area contributed by atoms with Gasteiger partial charge in [-0.2, -0.15) is 5.10 Å². The van der Waals surface area contributed by atoms with Gasteiger partial charge < -0.3 is 0 Å². The topological polar surface area (TPSA) is 24.4 Å². The van der Waals surface area contributed by atoms with Gasteiger partial charge in [-0.15, -0.1) is 0 Å². The summed E-state index contributed by atoms with van der Waals surface area (Å²) in [6, 6.07) is 18.5. The number of para-hydroxylation sites is 1. The molecule has 18 heavy (non-hydrogen) atoms. The van der Waals surface area contributed by atoms with E-state index in [0.29, 0.717) is 0 Å². The molecular formula is C16H16N2. The second-order valence-corrected chi connectivity index (χ2v) is 4.64. The molecule has 1 aliphatic carbocycles. The van der Waals surface area contributed by atoms with E-state index in [0.717, 1.165) is 11.6 Å². The molecule has 2 nitrogen and oxygen atoms in total. The lowest BCUT2D eigenvalue weighted by atomic mass is 10.0. The maximum Gasteiger partial charge on any atom is 0.0561 e. The van der Waals surface area contributed by atoms with Crippen molar-refractivity contribution in [2.75, 3.05) is 5.43 Å². The van der Waals surface area contributed by atoms with Crippen LogP contribution in [0.5, 0.6) is 0 Å². The summed E-state index contributed by atoms with van der Waals surface area (Å²) in [7, 11) is 0. The Hall–Kier alpha value is -2.09. The summed E-state index contributed by atoms with van der Waals surface area (Å²) >= 11 is 0. The number of hydrazone groups is 1. The average molecular weight is 236 g/mol. The molecule has 2 heteroatoms. The highest BCUT2D eigenvalue weighted by Crippen LogP contribution is 2.41. The monoisotopic (exact) mass is 236 g/mol. The van der Waals surface area contributed by atoms with Crippen LogP contribution in [0.4, 0.5) is 5.69 Å². The van der Waals surface area contributed by atoms with Crippen LogP contribution in [0.1, 0.15) is 29.9 Å². The molecule has 0 unspecified atom stereocenters. The Kier molecular flexibility index (Phi) is 3.09. The lowest BCUT2D eigenvalue weighted by molar-refractivity contribution is 1.12. The minimum Gasteiger partial charge on any atom is -0.279 e. The zero-order chi connectivity index (χ0) is 12.2. The molecule has 0 saturated heterocycles. The van der Waals surface area contributed by atoms with Crippen LogP contribution in [0.15, 0.2) is 59.7 Å². The average Bonchev–Trinajstić information content (AvgIpc) is 3.25. The van der Waals surface area contributed by atoms with Gasteiger partial charge in [-0.05, 0) is 42.0 Å². The highest BCUT2D eigenvalue weighted by molar-refractivity contribution is 5.82. The number of nitrogens with one attached hydrogen (secondary N) is 1. The van der Waals surface area contributed by atoms with E-state index in [-0.39, 0.29) is 0 Å². The van der Waals surface area contributed by atoms with Gasteiger partial charge in [-0.3, -0.25) is 5.43 Å². The fourth-order valence-electron chi connectivity index (χ4n) is 2.08. The SMILES string of the molecule is C(=NNc1ccccc1)c1ccccc1C1CC1. The largest absolute Gasteiger partial charge is 0.279 e. The van der Waals surface area contributed by atoms with Crippen molar-refractivity contribution < 1.29 is 0 Å². The van der Waals surface area contributed by atoms with Crippen molar-refractivity contribution >= 4 is 11.9 Å². The van der Waals surface area contributed by atoms with Crippen molar-refractivity contribution in [2.45, 2.75) is 18.8 Å². The zero-order valence-electron chi connectivity index (χ0n) is 10.2. The van der Waals surface area contributed by atoms with Crippen LogP contribution < -0.4 is 5.43 Å². The third kappa shape index (κ3) is 2.59. The first-order chi connectivity index (χ1) is 8.93. The number of hydrogen-bond acceptors (Lipinski definition) is 2. The Morgan fingerprint density at radius 2 is 1.67 bits per heavy atom. The first-order valence-electron chi connectivity index (χ1n) is 6.36. The molecule has 3 rings (SSSR count). The van der Waals surface area contributed by atoms with E-state index < -0.39 is 0 Å². The lowest BCUT2D eigenvalue weighted by Crippen LogP contribution is -1.93. The molecule has 0 spiro atoms. The van der Waals surface area contributed by atoms with Crippen molar-refractivity contribution in [3.8, 4) is 0 Å². The van der Waals surface area contributed by atoms with Crippen LogP contribution >= 0.6 is 0 Å². The van der Waals surface area contributed by atoms with Crippen LogP contribution in [0.25, 0.3) is 0 Å². The van der Waals surface area contributed by atoms with Gasteiger partial charge in [-0.1, -0.05) is 42.5 Å². The maximum absolute atomic E-state index is 4.31. The minimum atomic E-state index is 0.754. The van der Waals surface area contributed by atoms with Crippen LogP contribution in [0.3, 0.4) is 0 Å². The van der Waals surface area contributed by atoms with Gasteiger partial charge in [0.15, 0.2) is 0 Å². The third-order valence-electron chi connectivity index (χ3n) is 3.18. The molecule has 0 amide bonds. The van der Waals surface area contributed by atoms with Crippen molar-refractivity contribution in [1.29, 1.82) is 0 Å². The molecule has 0 bridgehead atoms. The Balaban J connectivity index is 1.72. The molecule has 0 radical (unpaired) electrons. The summed E-state index contributed by atoms with van der Waals surface area (Å²) in [5.74, 6) is 0.754. The van der Waals surface area contributed by atoms with Gasteiger partial charge in [0, 0.05) is 0 Å². The summed E-state index contributed by atoms with van der Waals surface area (Å²) in [6.45, 7) is 0. The Morgan fingerprint density at radius 1 is 0.944 bits per heavy atom. The molecule has 1 N–H and O–H groups in total. The molecule has 0 aliphatic heterocycles. The van der Waals surface area contributed by atoms with Crippen molar-refractivity contribution in [1.82, 2.24) is 0 Å². The molecule has 0 heterocycles. The van der Waals surface area contributed by atoms with Crippen molar-refractivity contribution in [3.63, 3.8) is 0 Å². The van der Waals surface area contributed by atoms with Crippen molar-refractivity contribution in [3.05, 3.63) is 65.7 Å². The normalized spacial score (nSPS) is 14.9. The Labute approximate surface area is 107 Å². The predicted molar refractivity (Wildman–Crippen MR) is 76.1 cm³/mol. The smallest absolute Gasteiger partial charge is 0.0561 e. The Morgan fingerprint density at radius 3 is 2.44 bits per heavy atom. The van der Waals surface area contributed by atoms with Gasteiger partial charge in [0.25, 0.3) is 0 Å². The maximum atomic E-state index is 4.31. The summed E-state index contributed by atoms with van der Waals surface area (Å²) in [6.07, 6.45) is 4.55. The second kappa shape index (κ2) is 5.05. The first-order valence-corrected chi connectivity index (χ1v) is 6.36. The molecule has 0 atom stereocenters. The van der Waals surface area contributed by atoms with Gasteiger partial charge in [0.05, 0.1) is 11.9 Å². The first kappa shape index (κ1) is 11.0. The minimum absolute atomic E-state index is 0.754. The van der Waals surface area contributed by atoms with E-state index >= 15 is 0 Å². The van der Waals surface area contributed by atoms with Gasteiger partial charge in [0.2, 0.25) is 0 Å². The summed E-state index contributed by atoms with van der Waals surface area (Å²) < 4.78 is 0. The fraction of sp³-hybridized carbons (Fsp3) is 0.188. The standard InChI is InChI=1S/C16H16N2/c1-2-7-15(8-3-1)18-17-12-14-6-4-5-9-16(14)13-10-11-13/h1-9,12-13,18H,10-11H2. The summed E-state index contributed by atoms with van der Waals surface area (Å²) in [5.41, 5.74) is 6.71. The highest BCUT2D eigenvalue weighted by atomic mass is 15.3. The van der Waals surface area contributed by atoms with Gasteiger partial charge >= 0.3 is 0 Å². The number of anilines is 1. The van der Waals surface area contributed by atoms with Crippen LogP contribution in [-0.2, 0) is 0 Å². The zero-order valence-corrected chi connectivity index (χ0v) is 10.2. The van der Waals surface area contributed by atoms with Crippen LogP contribution in [0.2, 0.25) is 0 Å². The van der Waals surface area contributed by atoms with Gasteiger partial charge in [0.1, 0.15) is 0 Å². The quantitative estimate of drug-likeness (QED) is 0.629. The third-order valence-corrected chi connectivity index (χ3v) is 3.18. The second-order valence-electron chi connectivity index (χ2n) is 4.64. The molecule has 2 aromatic rings. The summed E-state index contributed by atoms with van der Waals surface area (Å²) in [5, 5.41) is 4.31. The molecule has 2 aromatic carbocycles. The molecule has 1 saturated carbocycles. The number of nitrogens with zero attached hydrogens (tertiary/aromatic N) is 1. The Bertz CT molecular complexity index is 542. The lowest BCUT2D eigenvalue weighted by Gasteiger charge is -2.03. The predicted octanol–water partition coefficient (Wildman–Crippen LogP) is 4.01. The van der Waals surface area contributed by atoms with E-state index in [4.69, 9.17) is 0 Å². The molecule has 0 aromatic heterocycles. The summed E-state index contributed by atoms with van der Waals surface area (Å²) in [4.78, 5) is 0. The van der Waals surface area contributed by atoms with E-state index in [9.17, 15) is 0 Å². The molecule has 1 aliphatic rings. The van der Waals surface area contributed by atoms with Gasteiger partial charge in [-0.25, -0.2) is 0 Å². The molecule has 1 fully saturated rings. The molecular weight excluding hydrogens is 220 g/mol. The van der Waals surface area contributed by atoms with E-state index in [1.54, 1.807) is 0 Å². The number of benzene rings is 2. The number of rotatable bonds is 4. The number of hydrogen-bond donors (Lipinski definition) is 1.